The number of benzene rings is 1. The molecule has 0 spiro atoms. The second-order valence-corrected chi connectivity index (χ2v) is 6.44. The summed E-state index contributed by atoms with van der Waals surface area (Å²) in [6.07, 6.45) is 2.93. The Morgan fingerprint density at radius 3 is 2.68 bits per heavy atom. The summed E-state index contributed by atoms with van der Waals surface area (Å²) in [6.45, 7) is 1.20. The zero-order valence-electron chi connectivity index (χ0n) is 11.0. The van der Waals surface area contributed by atoms with Gasteiger partial charge in [-0.25, -0.2) is 0 Å². The first-order valence-electron chi connectivity index (χ1n) is 6.98. The van der Waals surface area contributed by atoms with Crippen LogP contribution in [0.3, 0.4) is 0 Å². The maximum absolute atomic E-state index is 10.4. The Balaban J connectivity index is 1.67. The summed E-state index contributed by atoms with van der Waals surface area (Å²) in [5.41, 5.74) is 0.947. The maximum atomic E-state index is 10.4. The molecule has 1 N–H and O–H groups in total. The van der Waals surface area contributed by atoms with E-state index < -0.39 is 0 Å². The predicted octanol–water partition coefficient (Wildman–Crippen LogP) is 3.02. The van der Waals surface area contributed by atoms with E-state index in [1.54, 1.807) is 0 Å². The zero-order chi connectivity index (χ0) is 13.1. The third-order valence-electron chi connectivity index (χ3n) is 3.85. The molecule has 1 aromatic rings. The lowest BCUT2D eigenvalue weighted by atomic mass is 9.92. The number of fused-ring (bicyclic) bond motifs is 1. The highest BCUT2D eigenvalue weighted by Gasteiger charge is 2.20. The third-order valence-corrected chi connectivity index (χ3v) is 4.90. The molecule has 19 heavy (non-hydrogen) atoms. The molecule has 2 heterocycles. The Morgan fingerprint density at radius 2 is 1.89 bits per heavy atom. The Labute approximate surface area is 118 Å². The van der Waals surface area contributed by atoms with E-state index in [-0.39, 0.29) is 6.10 Å². The van der Waals surface area contributed by atoms with Crippen LogP contribution in [-0.2, 0) is 0 Å². The number of thioether (sulfide) groups is 1. The molecule has 2 aliphatic rings. The number of rotatable bonds is 3. The average Bonchev–Trinajstić information content (AvgIpc) is 2.48. The van der Waals surface area contributed by atoms with Crippen molar-refractivity contribution in [1.82, 2.24) is 0 Å². The lowest BCUT2D eigenvalue weighted by Crippen LogP contribution is -2.16. The van der Waals surface area contributed by atoms with Gasteiger partial charge in [-0.05, 0) is 54.4 Å². The first-order chi connectivity index (χ1) is 9.33. The average molecular weight is 280 g/mol. The van der Waals surface area contributed by atoms with E-state index in [1.807, 2.05) is 30.0 Å². The van der Waals surface area contributed by atoms with Crippen LogP contribution in [0.2, 0.25) is 0 Å². The normalized spacial score (nSPS) is 21.1. The number of hydrogen-bond donors (Lipinski definition) is 1. The van der Waals surface area contributed by atoms with E-state index in [4.69, 9.17) is 9.47 Å². The first kappa shape index (κ1) is 13.1. The van der Waals surface area contributed by atoms with Crippen molar-refractivity contribution >= 4 is 11.8 Å². The summed E-state index contributed by atoms with van der Waals surface area (Å²) in [5, 5.41) is 10.4. The van der Waals surface area contributed by atoms with Crippen molar-refractivity contribution in [2.45, 2.75) is 25.4 Å². The Bertz CT molecular complexity index is 429. The molecule has 0 aliphatic carbocycles. The number of aliphatic hydroxyl groups is 1. The molecule has 1 unspecified atom stereocenters. The van der Waals surface area contributed by atoms with Crippen LogP contribution in [0.1, 0.15) is 30.9 Å². The van der Waals surface area contributed by atoms with E-state index >= 15 is 0 Å². The fraction of sp³-hybridized carbons (Fsp3) is 0.600. The van der Waals surface area contributed by atoms with Gasteiger partial charge in [0.05, 0.1) is 6.10 Å². The van der Waals surface area contributed by atoms with Crippen LogP contribution in [0.4, 0.5) is 0 Å². The van der Waals surface area contributed by atoms with Crippen LogP contribution in [-0.4, -0.2) is 29.8 Å². The minimum Gasteiger partial charge on any atom is -0.486 e. The highest BCUT2D eigenvalue weighted by Crippen LogP contribution is 2.36. The summed E-state index contributed by atoms with van der Waals surface area (Å²) < 4.78 is 11.1. The number of hydrogen-bond acceptors (Lipinski definition) is 4. The Kier molecular flexibility index (Phi) is 4.18. The smallest absolute Gasteiger partial charge is 0.161 e. The fourth-order valence-electron chi connectivity index (χ4n) is 2.70. The lowest BCUT2D eigenvalue weighted by molar-refractivity contribution is 0.138. The molecular weight excluding hydrogens is 260 g/mol. The maximum Gasteiger partial charge on any atom is 0.161 e. The molecule has 0 saturated carbocycles. The molecule has 1 atom stereocenters. The molecule has 0 bridgehead atoms. The molecule has 1 aromatic carbocycles. The monoisotopic (exact) mass is 280 g/mol. The van der Waals surface area contributed by atoms with Crippen LogP contribution >= 0.6 is 11.8 Å². The zero-order valence-corrected chi connectivity index (χ0v) is 11.8. The highest BCUT2D eigenvalue weighted by atomic mass is 32.2. The standard InChI is InChI=1S/C15H20O3S/c16-13(9-11-3-7-19-8-4-11)12-1-2-14-15(10-12)18-6-5-17-14/h1-2,10-11,13,16H,3-9H2. The van der Waals surface area contributed by atoms with Gasteiger partial charge in [-0.2, -0.15) is 11.8 Å². The highest BCUT2D eigenvalue weighted by molar-refractivity contribution is 7.99. The summed E-state index contributed by atoms with van der Waals surface area (Å²) in [7, 11) is 0. The van der Waals surface area contributed by atoms with Gasteiger partial charge in [0, 0.05) is 0 Å². The van der Waals surface area contributed by atoms with Crippen LogP contribution in [0, 0.1) is 5.92 Å². The SMILES string of the molecule is OC(CC1CCSCC1)c1ccc2c(c1)OCCO2. The second-order valence-electron chi connectivity index (χ2n) is 5.21. The van der Waals surface area contributed by atoms with Gasteiger partial charge in [-0.3, -0.25) is 0 Å². The lowest BCUT2D eigenvalue weighted by Gasteiger charge is -2.25. The van der Waals surface area contributed by atoms with E-state index in [0.29, 0.717) is 19.1 Å². The molecule has 2 aliphatic heterocycles. The quantitative estimate of drug-likeness (QED) is 0.923. The molecule has 3 nitrogen and oxygen atoms in total. The van der Waals surface area contributed by atoms with Gasteiger partial charge in [0.25, 0.3) is 0 Å². The van der Waals surface area contributed by atoms with Crippen molar-refractivity contribution in [2.75, 3.05) is 24.7 Å². The second kappa shape index (κ2) is 6.06. The van der Waals surface area contributed by atoms with Crippen LogP contribution in [0.15, 0.2) is 18.2 Å². The van der Waals surface area contributed by atoms with Crippen molar-refractivity contribution in [3.05, 3.63) is 23.8 Å². The van der Waals surface area contributed by atoms with Crippen molar-refractivity contribution in [2.24, 2.45) is 5.92 Å². The van der Waals surface area contributed by atoms with E-state index in [2.05, 4.69) is 0 Å². The summed E-state index contributed by atoms with van der Waals surface area (Å²) >= 11 is 2.02. The molecule has 4 heteroatoms. The van der Waals surface area contributed by atoms with Crippen LogP contribution in [0.5, 0.6) is 11.5 Å². The van der Waals surface area contributed by atoms with Gasteiger partial charge in [-0.1, -0.05) is 6.07 Å². The van der Waals surface area contributed by atoms with Gasteiger partial charge in [-0.15, -0.1) is 0 Å². The summed E-state index contributed by atoms with van der Waals surface area (Å²) in [6, 6.07) is 5.79. The summed E-state index contributed by atoms with van der Waals surface area (Å²) in [5.74, 6) is 4.68. The molecule has 1 fully saturated rings. The largest absolute Gasteiger partial charge is 0.486 e. The van der Waals surface area contributed by atoms with Crippen LogP contribution in [0.25, 0.3) is 0 Å². The Hall–Kier alpha value is -0.870. The van der Waals surface area contributed by atoms with Gasteiger partial charge in [0.1, 0.15) is 13.2 Å². The van der Waals surface area contributed by atoms with E-state index in [0.717, 1.165) is 23.5 Å². The molecule has 1 saturated heterocycles. The van der Waals surface area contributed by atoms with Gasteiger partial charge < -0.3 is 14.6 Å². The fourth-order valence-corrected chi connectivity index (χ4v) is 3.91. The summed E-state index contributed by atoms with van der Waals surface area (Å²) in [4.78, 5) is 0. The molecule has 104 valence electrons. The molecule has 0 amide bonds. The molecule has 0 radical (unpaired) electrons. The number of aliphatic hydroxyl groups excluding tert-OH is 1. The van der Waals surface area contributed by atoms with Gasteiger partial charge in [0.2, 0.25) is 0 Å². The topological polar surface area (TPSA) is 38.7 Å². The van der Waals surface area contributed by atoms with Crippen molar-refractivity contribution in [1.29, 1.82) is 0 Å². The van der Waals surface area contributed by atoms with Gasteiger partial charge >= 0.3 is 0 Å². The van der Waals surface area contributed by atoms with Crippen molar-refractivity contribution in [3.63, 3.8) is 0 Å². The molecular formula is C15H20O3S. The third kappa shape index (κ3) is 3.18. The number of ether oxygens (including phenoxy) is 2. The molecule has 3 rings (SSSR count). The minimum atomic E-state index is -0.385. The molecule has 0 aromatic heterocycles. The Morgan fingerprint density at radius 1 is 1.16 bits per heavy atom. The van der Waals surface area contributed by atoms with Crippen molar-refractivity contribution in [3.8, 4) is 11.5 Å². The van der Waals surface area contributed by atoms with Gasteiger partial charge in [0.15, 0.2) is 11.5 Å². The minimum absolute atomic E-state index is 0.385. The van der Waals surface area contributed by atoms with E-state index in [1.165, 1.54) is 24.3 Å². The first-order valence-corrected chi connectivity index (χ1v) is 8.14. The van der Waals surface area contributed by atoms with E-state index in [9.17, 15) is 5.11 Å². The predicted molar refractivity (Wildman–Crippen MR) is 77.1 cm³/mol. The van der Waals surface area contributed by atoms with Crippen LogP contribution < -0.4 is 9.47 Å². The van der Waals surface area contributed by atoms with Crippen molar-refractivity contribution < 1.29 is 14.6 Å².